The van der Waals surface area contributed by atoms with Gasteiger partial charge in [-0.25, -0.2) is 9.59 Å². The van der Waals surface area contributed by atoms with Gasteiger partial charge in [-0.15, -0.1) is 0 Å². The fourth-order valence-corrected chi connectivity index (χ4v) is 1.98. The summed E-state index contributed by atoms with van der Waals surface area (Å²) < 4.78 is 15.7. The summed E-state index contributed by atoms with van der Waals surface area (Å²) in [6.07, 6.45) is 6.05. The first-order valence-corrected chi connectivity index (χ1v) is 7.63. The lowest BCUT2D eigenvalue weighted by atomic mass is 10.1. The molecule has 2 atom stereocenters. The molecule has 0 saturated heterocycles. The number of carbonyl (C=O) groups excluding carboxylic acids is 2. The molecule has 0 aliphatic carbocycles. The molecule has 0 bridgehead atoms. The lowest BCUT2D eigenvalue weighted by molar-refractivity contribution is -0.172. The Hall–Kier alpha value is -2.56. The number of rotatable bonds is 7. The van der Waals surface area contributed by atoms with Crippen LogP contribution < -0.4 is 0 Å². The van der Waals surface area contributed by atoms with Gasteiger partial charge in [0.1, 0.15) is 0 Å². The van der Waals surface area contributed by atoms with Gasteiger partial charge in [-0.1, -0.05) is 49.8 Å². The Balaban J connectivity index is 2.07. The Bertz CT molecular complexity index is 576. The molecule has 1 aromatic carbocycles. The van der Waals surface area contributed by atoms with Gasteiger partial charge >= 0.3 is 11.9 Å². The zero-order valence-corrected chi connectivity index (χ0v) is 13.0. The van der Waals surface area contributed by atoms with E-state index in [2.05, 4.69) is 0 Å². The molecule has 0 saturated carbocycles. The third kappa shape index (κ3) is 4.98. The number of ether oxygens (including phenoxy) is 3. The number of unbranched alkanes of at least 4 members (excludes halogenated alkanes) is 1. The molecule has 0 spiro atoms. The minimum Gasteiger partial charge on any atom is -0.482 e. The average Bonchev–Trinajstić information content (AvgIpc) is 2.61. The van der Waals surface area contributed by atoms with Crippen LogP contribution in [0.25, 0.3) is 0 Å². The lowest BCUT2D eigenvalue weighted by Crippen LogP contribution is -2.29. The maximum absolute atomic E-state index is 12.3. The summed E-state index contributed by atoms with van der Waals surface area (Å²) >= 11 is 0. The van der Waals surface area contributed by atoms with E-state index in [0.717, 1.165) is 12.8 Å². The van der Waals surface area contributed by atoms with Crippen molar-refractivity contribution in [1.82, 2.24) is 0 Å². The summed E-state index contributed by atoms with van der Waals surface area (Å²) in [6, 6.07) is 8.81. The van der Waals surface area contributed by atoms with E-state index in [-0.39, 0.29) is 0 Å². The van der Waals surface area contributed by atoms with Gasteiger partial charge in [0.25, 0.3) is 0 Å². The Morgan fingerprint density at radius 1 is 1.22 bits per heavy atom. The molecule has 1 aliphatic rings. The molecule has 0 N–H and O–H groups in total. The van der Waals surface area contributed by atoms with Gasteiger partial charge in [0.2, 0.25) is 12.2 Å². The fraction of sp³-hybridized carbons (Fsp3) is 0.333. The topological polar surface area (TPSA) is 61.8 Å². The van der Waals surface area contributed by atoms with Crippen molar-refractivity contribution in [2.45, 2.75) is 32.0 Å². The molecule has 2 unspecified atom stereocenters. The van der Waals surface area contributed by atoms with Crippen molar-refractivity contribution >= 4 is 11.9 Å². The highest BCUT2D eigenvalue weighted by molar-refractivity contribution is 5.83. The molecule has 5 nitrogen and oxygen atoms in total. The summed E-state index contributed by atoms with van der Waals surface area (Å²) in [6.45, 7) is 2.31. The first-order chi connectivity index (χ1) is 11.2. The predicted octanol–water partition coefficient (Wildman–Crippen LogP) is 3.08. The van der Waals surface area contributed by atoms with Crippen LogP contribution in [-0.4, -0.2) is 24.6 Å². The van der Waals surface area contributed by atoms with E-state index in [1.807, 2.05) is 13.0 Å². The van der Waals surface area contributed by atoms with Crippen molar-refractivity contribution in [3.05, 3.63) is 60.4 Å². The lowest BCUT2D eigenvalue weighted by Gasteiger charge is -2.20. The fourth-order valence-electron chi connectivity index (χ4n) is 1.98. The molecule has 23 heavy (non-hydrogen) atoms. The number of benzene rings is 1. The van der Waals surface area contributed by atoms with E-state index in [0.29, 0.717) is 12.2 Å². The van der Waals surface area contributed by atoms with E-state index in [1.165, 1.54) is 6.26 Å². The van der Waals surface area contributed by atoms with Crippen molar-refractivity contribution in [3.8, 4) is 0 Å². The van der Waals surface area contributed by atoms with Crippen LogP contribution in [-0.2, 0) is 23.8 Å². The molecular weight excluding hydrogens is 296 g/mol. The number of hydrogen-bond acceptors (Lipinski definition) is 5. The SMILES string of the molecule is CCCCOC(=O)C(OC(=O)C1C=CC=CO1)c1ccccc1. The van der Waals surface area contributed by atoms with E-state index in [1.54, 1.807) is 42.5 Å². The van der Waals surface area contributed by atoms with Crippen LogP contribution in [0.3, 0.4) is 0 Å². The predicted molar refractivity (Wildman–Crippen MR) is 84.3 cm³/mol. The van der Waals surface area contributed by atoms with Gasteiger partial charge < -0.3 is 14.2 Å². The first kappa shape index (κ1) is 16.8. The Morgan fingerprint density at radius 2 is 2.00 bits per heavy atom. The van der Waals surface area contributed by atoms with E-state index in [4.69, 9.17) is 14.2 Å². The summed E-state index contributed by atoms with van der Waals surface area (Å²) in [4.78, 5) is 24.4. The second kappa shape index (κ2) is 8.78. The van der Waals surface area contributed by atoms with Crippen LogP contribution in [0.5, 0.6) is 0 Å². The van der Waals surface area contributed by atoms with Gasteiger partial charge in [-0.05, 0) is 18.6 Å². The van der Waals surface area contributed by atoms with Gasteiger partial charge in [0.05, 0.1) is 12.9 Å². The van der Waals surface area contributed by atoms with Crippen LogP contribution in [0.15, 0.2) is 54.8 Å². The zero-order valence-electron chi connectivity index (χ0n) is 13.0. The monoisotopic (exact) mass is 316 g/mol. The Kier molecular flexibility index (Phi) is 6.41. The molecule has 1 aromatic rings. The van der Waals surface area contributed by atoms with Crippen molar-refractivity contribution < 1.29 is 23.8 Å². The maximum atomic E-state index is 12.3. The first-order valence-electron chi connectivity index (χ1n) is 7.63. The number of esters is 2. The van der Waals surface area contributed by atoms with Crippen molar-refractivity contribution in [2.24, 2.45) is 0 Å². The molecule has 0 amide bonds. The molecule has 1 heterocycles. The summed E-state index contributed by atoms with van der Waals surface area (Å²) in [5, 5.41) is 0. The van der Waals surface area contributed by atoms with E-state index in [9.17, 15) is 9.59 Å². The molecule has 0 aromatic heterocycles. The quantitative estimate of drug-likeness (QED) is 0.571. The second-order valence-corrected chi connectivity index (χ2v) is 5.02. The van der Waals surface area contributed by atoms with Gasteiger partial charge in [-0.2, -0.15) is 0 Å². The van der Waals surface area contributed by atoms with Gasteiger partial charge in [-0.3, -0.25) is 0 Å². The summed E-state index contributed by atoms with van der Waals surface area (Å²) in [5.41, 5.74) is 0.567. The van der Waals surface area contributed by atoms with Crippen molar-refractivity contribution in [3.63, 3.8) is 0 Å². The standard InChI is InChI=1S/C18H20O5/c1-2-3-12-22-18(20)16(14-9-5-4-6-10-14)23-17(19)15-11-7-8-13-21-15/h4-11,13,15-16H,2-3,12H2,1H3. The molecule has 0 radical (unpaired) electrons. The second-order valence-electron chi connectivity index (χ2n) is 5.02. The summed E-state index contributed by atoms with van der Waals surface area (Å²) in [7, 11) is 0. The highest BCUT2D eigenvalue weighted by atomic mass is 16.6. The van der Waals surface area contributed by atoms with Crippen LogP contribution in [0.1, 0.15) is 31.4 Å². The summed E-state index contributed by atoms with van der Waals surface area (Å²) in [5.74, 6) is -1.21. The maximum Gasteiger partial charge on any atom is 0.352 e. The zero-order chi connectivity index (χ0) is 16.5. The van der Waals surface area contributed by atoms with Gasteiger partial charge in [0, 0.05) is 5.56 Å². The molecule has 5 heteroatoms. The molecule has 1 aliphatic heterocycles. The van der Waals surface area contributed by atoms with Crippen LogP contribution in [0.4, 0.5) is 0 Å². The average molecular weight is 316 g/mol. The highest BCUT2D eigenvalue weighted by Crippen LogP contribution is 2.21. The third-order valence-corrected chi connectivity index (χ3v) is 3.23. The third-order valence-electron chi connectivity index (χ3n) is 3.23. The van der Waals surface area contributed by atoms with Crippen LogP contribution in [0, 0.1) is 0 Å². The van der Waals surface area contributed by atoms with Crippen molar-refractivity contribution in [2.75, 3.05) is 6.61 Å². The molecule has 122 valence electrons. The Morgan fingerprint density at radius 3 is 2.65 bits per heavy atom. The number of hydrogen-bond donors (Lipinski definition) is 0. The van der Waals surface area contributed by atoms with Crippen molar-refractivity contribution in [1.29, 1.82) is 0 Å². The van der Waals surface area contributed by atoms with E-state index < -0.39 is 24.1 Å². The number of allylic oxidation sites excluding steroid dienone is 2. The highest BCUT2D eigenvalue weighted by Gasteiger charge is 2.30. The van der Waals surface area contributed by atoms with Gasteiger partial charge in [0.15, 0.2) is 0 Å². The molecular formula is C18H20O5. The molecule has 2 rings (SSSR count). The minimum absolute atomic E-state index is 0.304. The normalized spacial score (nSPS) is 17.2. The largest absolute Gasteiger partial charge is 0.482 e. The van der Waals surface area contributed by atoms with Crippen LogP contribution in [0.2, 0.25) is 0 Å². The minimum atomic E-state index is -1.09. The van der Waals surface area contributed by atoms with E-state index >= 15 is 0 Å². The smallest absolute Gasteiger partial charge is 0.352 e. The molecule has 0 fully saturated rings. The number of carbonyl (C=O) groups is 2. The Labute approximate surface area is 135 Å². The van der Waals surface area contributed by atoms with Crippen LogP contribution >= 0.6 is 0 Å².